The second-order valence-electron chi connectivity index (χ2n) is 5.52. The summed E-state index contributed by atoms with van der Waals surface area (Å²) in [6.07, 6.45) is 0. The SMILES string of the molecule is Cc1cc(C(C)(C)C)c(O)c(C)c1S(=O)(=O)CCl. The molecule has 0 saturated carbocycles. The molecule has 0 aromatic heterocycles. The number of phenolic OH excluding ortho intramolecular Hbond substituents is 1. The Kier molecular flexibility index (Phi) is 4.03. The molecule has 0 spiro atoms. The summed E-state index contributed by atoms with van der Waals surface area (Å²) in [7, 11) is -3.54. The van der Waals surface area contributed by atoms with Crippen LogP contribution in [0.25, 0.3) is 0 Å². The van der Waals surface area contributed by atoms with Crippen molar-refractivity contribution in [3.05, 3.63) is 22.8 Å². The van der Waals surface area contributed by atoms with E-state index in [9.17, 15) is 13.5 Å². The van der Waals surface area contributed by atoms with Gasteiger partial charge in [-0.1, -0.05) is 26.8 Å². The van der Waals surface area contributed by atoms with Crippen molar-refractivity contribution >= 4 is 21.4 Å². The minimum atomic E-state index is -3.54. The topological polar surface area (TPSA) is 54.4 Å². The van der Waals surface area contributed by atoms with Crippen LogP contribution >= 0.6 is 11.6 Å². The van der Waals surface area contributed by atoms with Gasteiger partial charge in [-0.3, -0.25) is 0 Å². The molecule has 1 aromatic rings. The van der Waals surface area contributed by atoms with Crippen molar-refractivity contribution in [2.75, 3.05) is 5.21 Å². The fourth-order valence-corrected chi connectivity index (χ4v) is 3.61. The van der Waals surface area contributed by atoms with Crippen LogP contribution in [-0.4, -0.2) is 18.7 Å². The summed E-state index contributed by atoms with van der Waals surface area (Å²) in [5.74, 6) is 0.0387. The van der Waals surface area contributed by atoms with Gasteiger partial charge in [-0.2, -0.15) is 0 Å². The molecule has 0 aliphatic rings. The highest BCUT2D eigenvalue weighted by Gasteiger charge is 2.26. The summed E-state index contributed by atoms with van der Waals surface area (Å²) in [4.78, 5) is 0.142. The lowest BCUT2D eigenvalue weighted by Crippen LogP contribution is -2.15. The van der Waals surface area contributed by atoms with Crippen molar-refractivity contribution in [3.8, 4) is 5.75 Å². The van der Waals surface area contributed by atoms with Crippen molar-refractivity contribution < 1.29 is 13.5 Å². The number of aryl methyl sites for hydroxylation is 1. The van der Waals surface area contributed by atoms with Crippen molar-refractivity contribution in [2.45, 2.75) is 44.9 Å². The van der Waals surface area contributed by atoms with Gasteiger partial charge < -0.3 is 5.11 Å². The van der Waals surface area contributed by atoms with Gasteiger partial charge in [0, 0.05) is 5.56 Å². The molecular formula is C13H19ClO3S. The standard InChI is InChI=1S/C13H19ClO3S/c1-8-6-10(13(3,4)5)11(15)9(2)12(8)18(16,17)7-14/h6,15H,7H2,1-5H3. The van der Waals surface area contributed by atoms with Crippen LogP contribution in [0, 0.1) is 13.8 Å². The Bertz CT molecular complexity index is 569. The van der Waals surface area contributed by atoms with Crippen LogP contribution in [0.2, 0.25) is 0 Å². The van der Waals surface area contributed by atoms with E-state index in [1.54, 1.807) is 19.9 Å². The van der Waals surface area contributed by atoms with Crippen LogP contribution in [0.3, 0.4) is 0 Å². The molecular weight excluding hydrogens is 272 g/mol. The van der Waals surface area contributed by atoms with Gasteiger partial charge in [-0.05, 0) is 30.4 Å². The molecule has 0 amide bonds. The van der Waals surface area contributed by atoms with Crippen molar-refractivity contribution in [1.82, 2.24) is 0 Å². The first-order valence-corrected chi connectivity index (χ1v) is 7.83. The normalized spacial score (nSPS) is 12.8. The molecule has 0 unspecified atom stereocenters. The van der Waals surface area contributed by atoms with E-state index < -0.39 is 15.0 Å². The Morgan fingerprint density at radius 1 is 1.28 bits per heavy atom. The molecule has 5 heteroatoms. The zero-order chi connectivity index (χ0) is 14.3. The second-order valence-corrected chi connectivity index (χ2v) is 8.03. The minimum absolute atomic E-state index is 0.0387. The van der Waals surface area contributed by atoms with Crippen LogP contribution in [0.15, 0.2) is 11.0 Å². The van der Waals surface area contributed by atoms with Gasteiger partial charge in [0.25, 0.3) is 0 Å². The van der Waals surface area contributed by atoms with Crippen LogP contribution < -0.4 is 0 Å². The number of hydrogen-bond donors (Lipinski definition) is 1. The highest BCUT2D eigenvalue weighted by atomic mass is 35.5. The number of aromatic hydroxyl groups is 1. The Morgan fingerprint density at radius 3 is 2.17 bits per heavy atom. The van der Waals surface area contributed by atoms with Gasteiger partial charge >= 0.3 is 0 Å². The maximum absolute atomic E-state index is 11.9. The first-order valence-electron chi connectivity index (χ1n) is 5.64. The number of rotatable bonds is 2. The number of halogens is 1. The molecule has 0 atom stereocenters. The molecule has 102 valence electrons. The smallest absolute Gasteiger partial charge is 0.192 e. The predicted molar refractivity (Wildman–Crippen MR) is 74.2 cm³/mol. The van der Waals surface area contributed by atoms with Crippen LogP contribution in [0.4, 0.5) is 0 Å². The number of benzene rings is 1. The summed E-state index contributed by atoms with van der Waals surface area (Å²) >= 11 is 5.48. The van der Waals surface area contributed by atoms with E-state index in [0.29, 0.717) is 11.1 Å². The summed E-state index contributed by atoms with van der Waals surface area (Å²) < 4.78 is 23.8. The van der Waals surface area contributed by atoms with E-state index in [1.165, 1.54) is 0 Å². The Hall–Kier alpha value is -0.740. The lowest BCUT2D eigenvalue weighted by atomic mass is 9.84. The highest BCUT2D eigenvalue weighted by molar-refractivity contribution is 7.92. The maximum atomic E-state index is 11.9. The molecule has 0 aliphatic heterocycles. The summed E-state index contributed by atoms with van der Waals surface area (Å²) in [5.41, 5.74) is 1.49. The molecule has 0 radical (unpaired) electrons. The summed E-state index contributed by atoms with van der Waals surface area (Å²) in [6.45, 7) is 9.24. The third-order valence-corrected chi connectivity index (χ3v) is 5.33. The number of hydrogen-bond acceptors (Lipinski definition) is 3. The molecule has 0 fully saturated rings. The zero-order valence-corrected chi connectivity index (χ0v) is 12.9. The van der Waals surface area contributed by atoms with Gasteiger partial charge in [0.15, 0.2) is 9.84 Å². The zero-order valence-electron chi connectivity index (χ0n) is 11.3. The minimum Gasteiger partial charge on any atom is -0.507 e. The largest absolute Gasteiger partial charge is 0.507 e. The molecule has 1 N–H and O–H groups in total. The summed E-state index contributed by atoms with van der Waals surface area (Å²) in [5, 5.41) is 9.71. The molecule has 0 bridgehead atoms. The van der Waals surface area contributed by atoms with Crippen molar-refractivity contribution in [3.63, 3.8) is 0 Å². The van der Waals surface area contributed by atoms with Crippen molar-refractivity contribution in [2.24, 2.45) is 0 Å². The average Bonchev–Trinajstić information content (AvgIpc) is 2.21. The lowest BCUT2D eigenvalue weighted by molar-refractivity contribution is 0.439. The van der Waals surface area contributed by atoms with E-state index in [2.05, 4.69) is 0 Å². The molecule has 0 saturated heterocycles. The third-order valence-electron chi connectivity index (χ3n) is 2.93. The lowest BCUT2D eigenvalue weighted by Gasteiger charge is -2.24. The van der Waals surface area contributed by atoms with Gasteiger partial charge in [-0.15, -0.1) is 11.6 Å². The Balaban J connectivity index is 3.69. The fourth-order valence-electron chi connectivity index (χ4n) is 2.06. The molecule has 0 heterocycles. The van der Waals surface area contributed by atoms with Crippen LogP contribution in [-0.2, 0) is 15.3 Å². The van der Waals surface area contributed by atoms with E-state index in [0.717, 1.165) is 5.56 Å². The number of phenols is 1. The number of sulfone groups is 1. The molecule has 1 rings (SSSR count). The monoisotopic (exact) mass is 290 g/mol. The van der Waals surface area contributed by atoms with Gasteiger partial charge in [-0.25, -0.2) is 8.42 Å². The molecule has 1 aromatic carbocycles. The van der Waals surface area contributed by atoms with E-state index in [4.69, 9.17) is 11.6 Å². The highest BCUT2D eigenvalue weighted by Crippen LogP contribution is 2.38. The van der Waals surface area contributed by atoms with Gasteiger partial charge in [0.1, 0.15) is 11.0 Å². The first-order chi connectivity index (χ1) is 8.02. The van der Waals surface area contributed by atoms with E-state index in [-0.39, 0.29) is 16.1 Å². The van der Waals surface area contributed by atoms with Crippen LogP contribution in [0.5, 0.6) is 5.75 Å². The van der Waals surface area contributed by atoms with Crippen LogP contribution in [0.1, 0.15) is 37.5 Å². The first kappa shape index (κ1) is 15.3. The van der Waals surface area contributed by atoms with Crippen molar-refractivity contribution in [1.29, 1.82) is 0 Å². The average molecular weight is 291 g/mol. The predicted octanol–water partition coefficient (Wildman–Crippen LogP) is 3.28. The maximum Gasteiger partial charge on any atom is 0.192 e. The molecule has 0 aliphatic carbocycles. The van der Waals surface area contributed by atoms with Gasteiger partial charge in [0.05, 0.1) is 4.90 Å². The van der Waals surface area contributed by atoms with Gasteiger partial charge in [0.2, 0.25) is 0 Å². The Morgan fingerprint density at radius 2 is 1.78 bits per heavy atom. The molecule has 3 nitrogen and oxygen atoms in total. The summed E-state index contributed by atoms with van der Waals surface area (Å²) in [6, 6.07) is 1.72. The quantitative estimate of drug-likeness (QED) is 0.851. The fraction of sp³-hybridized carbons (Fsp3) is 0.538. The van der Waals surface area contributed by atoms with E-state index in [1.807, 2.05) is 20.8 Å². The van der Waals surface area contributed by atoms with E-state index >= 15 is 0 Å². The number of alkyl halides is 1. The molecule has 18 heavy (non-hydrogen) atoms. The Labute approximate surface area is 114 Å². The third kappa shape index (κ3) is 2.64. The second kappa shape index (κ2) is 4.74.